The standard InChI is InChI=1S/C12H12FN5S/c1-6(2)10-15-16-12-18(10)17-11(19-12)8-5-7(13)3-4-9(8)14/h3-6H,14H2,1-2H3. The molecule has 5 nitrogen and oxygen atoms in total. The Morgan fingerprint density at radius 1 is 1.32 bits per heavy atom. The lowest BCUT2D eigenvalue weighted by molar-refractivity contribution is 0.628. The van der Waals surface area contributed by atoms with E-state index in [0.717, 1.165) is 5.82 Å². The van der Waals surface area contributed by atoms with Crippen LogP contribution in [-0.2, 0) is 0 Å². The summed E-state index contributed by atoms with van der Waals surface area (Å²) in [6.45, 7) is 4.04. The van der Waals surface area contributed by atoms with Crippen molar-refractivity contribution in [3.8, 4) is 10.6 Å². The molecule has 0 fully saturated rings. The van der Waals surface area contributed by atoms with Gasteiger partial charge in [-0.15, -0.1) is 10.2 Å². The van der Waals surface area contributed by atoms with Crippen molar-refractivity contribution in [1.82, 2.24) is 19.8 Å². The molecule has 3 rings (SSSR count). The van der Waals surface area contributed by atoms with E-state index in [1.807, 2.05) is 13.8 Å². The van der Waals surface area contributed by atoms with E-state index in [-0.39, 0.29) is 11.7 Å². The third-order valence-corrected chi connectivity index (χ3v) is 3.71. The lowest BCUT2D eigenvalue weighted by Crippen LogP contribution is -1.98. The van der Waals surface area contributed by atoms with Crippen molar-refractivity contribution < 1.29 is 4.39 Å². The molecule has 3 aromatic rings. The van der Waals surface area contributed by atoms with Crippen molar-refractivity contribution in [3.05, 3.63) is 29.8 Å². The molecule has 2 aromatic heterocycles. The van der Waals surface area contributed by atoms with Crippen molar-refractivity contribution in [1.29, 1.82) is 0 Å². The zero-order valence-corrected chi connectivity index (χ0v) is 11.3. The van der Waals surface area contributed by atoms with Crippen molar-refractivity contribution >= 4 is 22.0 Å². The van der Waals surface area contributed by atoms with Gasteiger partial charge in [0.2, 0.25) is 4.96 Å². The summed E-state index contributed by atoms with van der Waals surface area (Å²) < 4.78 is 15.0. The van der Waals surface area contributed by atoms with Crippen LogP contribution in [0.25, 0.3) is 15.5 Å². The number of halogens is 1. The van der Waals surface area contributed by atoms with Gasteiger partial charge in [0.05, 0.1) is 0 Å². The van der Waals surface area contributed by atoms with Crippen molar-refractivity contribution in [2.45, 2.75) is 19.8 Å². The van der Waals surface area contributed by atoms with Gasteiger partial charge in [-0.2, -0.15) is 9.61 Å². The predicted molar refractivity (Wildman–Crippen MR) is 72.6 cm³/mol. The molecule has 0 aliphatic carbocycles. The van der Waals surface area contributed by atoms with Gasteiger partial charge in [-0.05, 0) is 18.2 Å². The van der Waals surface area contributed by atoms with E-state index in [9.17, 15) is 4.39 Å². The van der Waals surface area contributed by atoms with Crippen molar-refractivity contribution in [2.24, 2.45) is 0 Å². The second-order valence-electron chi connectivity index (χ2n) is 4.55. The maximum Gasteiger partial charge on any atom is 0.234 e. The molecule has 0 aliphatic heterocycles. The number of nitrogens with zero attached hydrogens (tertiary/aromatic N) is 4. The molecule has 98 valence electrons. The highest BCUT2D eigenvalue weighted by molar-refractivity contribution is 7.19. The first-order chi connectivity index (χ1) is 9.06. The van der Waals surface area contributed by atoms with E-state index in [2.05, 4.69) is 15.3 Å². The first kappa shape index (κ1) is 12.0. The number of hydrogen-bond acceptors (Lipinski definition) is 5. The van der Waals surface area contributed by atoms with Gasteiger partial charge in [0.1, 0.15) is 10.8 Å². The van der Waals surface area contributed by atoms with E-state index in [1.165, 1.54) is 29.5 Å². The van der Waals surface area contributed by atoms with Gasteiger partial charge >= 0.3 is 0 Å². The van der Waals surface area contributed by atoms with Crippen LogP contribution in [0.15, 0.2) is 18.2 Å². The number of benzene rings is 1. The third-order valence-electron chi connectivity index (χ3n) is 2.78. The predicted octanol–water partition coefficient (Wildman–Crippen LogP) is 2.70. The second kappa shape index (κ2) is 4.27. The highest BCUT2D eigenvalue weighted by Gasteiger charge is 2.16. The second-order valence-corrected chi connectivity index (χ2v) is 5.50. The van der Waals surface area contributed by atoms with E-state index < -0.39 is 0 Å². The number of nitrogens with two attached hydrogens (primary N) is 1. The lowest BCUT2D eigenvalue weighted by Gasteiger charge is -2.01. The van der Waals surface area contributed by atoms with E-state index >= 15 is 0 Å². The molecular weight excluding hydrogens is 265 g/mol. The fourth-order valence-corrected chi connectivity index (χ4v) is 2.70. The van der Waals surface area contributed by atoms with Crippen LogP contribution in [0.2, 0.25) is 0 Å². The van der Waals surface area contributed by atoms with Gasteiger partial charge in [0.15, 0.2) is 5.82 Å². The quantitative estimate of drug-likeness (QED) is 0.731. The third kappa shape index (κ3) is 1.95. The number of aromatic nitrogens is 4. The molecular formula is C12H12FN5S. The van der Waals surface area contributed by atoms with Crippen LogP contribution in [0.1, 0.15) is 25.6 Å². The van der Waals surface area contributed by atoms with Crippen molar-refractivity contribution in [2.75, 3.05) is 5.73 Å². The summed E-state index contributed by atoms with van der Waals surface area (Å²) >= 11 is 1.34. The summed E-state index contributed by atoms with van der Waals surface area (Å²) in [5, 5.41) is 13.2. The molecule has 0 atom stereocenters. The Balaban J connectivity index is 2.18. The van der Waals surface area contributed by atoms with Crippen LogP contribution >= 0.6 is 11.3 Å². The van der Waals surface area contributed by atoms with Gasteiger partial charge < -0.3 is 5.73 Å². The molecule has 0 saturated heterocycles. The zero-order valence-electron chi connectivity index (χ0n) is 10.5. The molecule has 1 aromatic carbocycles. The van der Waals surface area contributed by atoms with Crippen LogP contribution in [-0.4, -0.2) is 19.8 Å². The fraction of sp³-hybridized carbons (Fsp3) is 0.250. The smallest absolute Gasteiger partial charge is 0.234 e. The average molecular weight is 277 g/mol. The first-order valence-corrected chi connectivity index (χ1v) is 6.65. The van der Waals surface area contributed by atoms with Gasteiger partial charge in [0.25, 0.3) is 0 Å². The fourth-order valence-electron chi connectivity index (χ4n) is 1.81. The summed E-state index contributed by atoms with van der Waals surface area (Å²) in [6.07, 6.45) is 0. The van der Waals surface area contributed by atoms with Gasteiger partial charge in [-0.1, -0.05) is 25.2 Å². The molecule has 2 N–H and O–H groups in total. The maximum absolute atomic E-state index is 13.3. The van der Waals surface area contributed by atoms with E-state index in [1.54, 1.807) is 4.52 Å². The molecule has 0 saturated carbocycles. The normalized spacial score (nSPS) is 11.6. The molecule has 2 heterocycles. The average Bonchev–Trinajstić information content (AvgIpc) is 2.91. The maximum atomic E-state index is 13.3. The molecule has 0 spiro atoms. The zero-order chi connectivity index (χ0) is 13.6. The van der Waals surface area contributed by atoms with Gasteiger partial charge in [0, 0.05) is 17.2 Å². The summed E-state index contributed by atoms with van der Waals surface area (Å²) in [5.74, 6) is 0.668. The summed E-state index contributed by atoms with van der Waals surface area (Å²) in [5.41, 5.74) is 6.95. The van der Waals surface area contributed by atoms with Crippen LogP contribution in [0, 0.1) is 5.82 Å². The lowest BCUT2D eigenvalue weighted by atomic mass is 10.2. The van der Waals surface area contributed by atoms with Crippen LogP contribution < -0.4 is 5.73 Å². The molecule has 0 unspecified atom stereocenters. The molecule has 0 radical (unpaired) electrons. The number of nitrogen functional groups attached to an aromatic ring is 1. The summed E-state index contributed by atoms with van der Waals surface area (Å²) in [4.78, 5) is 0.683. The van der Waals surface area contributed by atoms with Gasteiger partial charge in [-0.25, -0.2) is 4.39 Å². The van der Waals surface area contributed by atoms with Crippen LogP contribution in [0.5, 0.6) is 0 Å². The number of rotatable bonds is 2. The SMILES string of the molecule is CC(C)c1nnc2sc(-c3cc(F)ccc3N)nn12. The highest BCUT2D eigenvalue weighted by atomic mass is 32.1. The van der Waals surface area contributed by atoms with E-state index in [0.29, 0.717) is 21.2 Å². The molecule has 7 heteroatoms. The topological polar surface area (TPSA) is 69.1 Å². The Kier molecular flexibility index (Phi) is 2.70. The number of hydrogen-bond donors (Lipinski definition) is 1. The van der Waals surface area contributed by atoms with Crippen molar-refractivity contribution in [3.63, 3.8) is 0 Å². The Morgan fingerprint density at radius 2 is 2.11 bits per heavy atom. The summed E-state index contributed by atoms with van der Waals surface area (Å²) in [6, 6.07) is 4.26. The van der Waals surface area contributed by atoms with Crippen LogP contribution in [0.3, 0.4) is 0 Å². The van der Waals surface area contributed by atoms with E-state index in [4.69, 9.17) is 5.73 Å². The minimum atomic E-state index is -0.334. The van der Waals surface area contributed by atoms with Gasteiger partial charge in [-0.3, -0.25) is 0 Å². The molecule has 0 amide bonds. The molecule has 19 heavy (non-hydrogen) atoms. The Bertz CT molecular complexity index is 746. The molecule has 0 aliphatic rings. The number of anilines is 1. The van der Waals surface area contributed by atoms with Crippen LogP contribution in [0.4, 0.5) is 10.1 Å². The Hall–Kier alpha value is -2.02. The Labute approximate surface area is 112 Å². The Morgan fingerprint density at radius 3 is 2.84 bits per heavy atom. The highest BCUT2D eigenvalue weighted by Crippen LogP contribution is 2.31. The minimum Gasteiger partial charge on any atom is -0.398 e. The largest absolute Gasteiger partial charge is 0.398 e. The molecule has 0 bridgehead atoms. The summed E-state index contributed by atoms with van der Waals surface area (Å²) in [7, 11) is 0. The monoisotopic (exact) mass is 277 g/mol. The first-order valence-electron chi connectivity index (χ1n) is 5.84. The number of fused-ring (bicyclic) bond motifs is 1. The minimum absolute atomic E-state index is 0.217.